The Morgan fingerprint density at radius 1 is 0.774 bits per heavy atom. The molecule has 0 spiro atoms. The van der Waals surface area contributed by atoms with Crippen LogP contribution in [0.15, 0.2) is 57.5 Å². The van der Waals surface area contributed by atoms with Gasteiger partial charge in [-0.3, -0.25) is 4.90 Å². The van der Waals surface area contributed by atoms with Gasteiger partial charge in [-0.2, -0.15) is 0 Å². The number of halogens is 3. The lowest BCUT2D eigenvalue weighted by atomic mass is 10.1. The van der Waals surface area contributed by atoms with Crippen molar-refractivity contribution >= 4 is 47.8 Å². The molecule has 2 fully saturated rings. The Morgan fingerprint density at radius 2 is 1.23 bits per heavy atom. The topological polar surface area (TPSA) is 55.7 Å². The second-order valence-corrected chi connectivity index (χ2v) is 10.5. The van der Waals surface area contributed by atoms with E-state index in [4.69, 9.17) is 10.2 Å². The number of nitrogens with one attached hydrogen (secondary N) is 1. The Balaban J connectivity index is 0.000000186. The minimum absolute atomic E-state index is 0.0463. The van der Waals surface area contributed by atoms with Crippen molar-refractivity contribution in [3.05, 3.63) is 68.6 Å². The molecule has 4 nitrogen and oxygen atoms in total. The molecule has 4 rings (SSSR count). The lowest BCUT2D eigenvalue weighted by Gasteiger charge is -2.35. The molecule has 0 atom stereocenters. The van der Waals surface area contributed by atoms with Crippen LogP contribution >= 0.6 is 47.8 Å². The predicted octanol–water partition coefficient (Wildman–Crippen LogP) is 4.79. The number of hydrogen-bond acceptors (Lipinski definition) is 4. The third kappa shape index (κ3) is 11.9. The molecule has 0 bridgehead atoms. The first-order chi connectivity index (χ1) is 15.0. The number of aliphatic hydroxyl groups excluding tert-OH is 2. The van der Waals surface area contributed by atoms with Crippen molar-refractivity contribution in [1.29, 1.82) is 0 Å². The van der Waals surface area contributed by atoms with Gasteiger partial charge in [-0.15, -0.1) is 0 Å². The van der Waals surface area contributed by atoms with Crippen LogP contribution < -0.4 is 5.32 Å². The lowest BCUT2D eigenvalue weighted by molar-refractivity contribution is 0.00188. The molecule has 0 amide bonds. The fourth-order valence-corrected chi connectivity index (χ4v) is 3.89. The summed E-state index contributed by atoms with van der Waals surface area (Å²) < 4.78 is 2.29. The summed E-state index contributed by atoms with van der Waals surface area (Å²) >= 11 is 10.2. The summed E-state index contributed by atoms with van der Waals surface area (Å²) in [5, 5.41) is 21.5. The van der Waals surface area contributed by atoms with Crippen LogP contribution in [0, 0.1) is 0 Å². The van der Waals surface area contributed by atoms with Crippen molar-refractivity contribution in [2.45, 2.75) is 37.9 Å². The molecule has 0 aromatic heterocycles. The molecule has 0 aliphatic carbocycles. The highest BCUT2D eigenvalue weighted by atomic mass is 79.9. The van der Waals surface area contributed by atoms with Crippen molar-refractivity contribution in [2.75, 3.05) is 38.1 Å². The predicted molar refractivity (Wildman–Crippen MR) is 140 cm³/mol. The first kappa shape index (κ1) is 27.0. The summed E-state index contributed by atoms with van der Waals surface area (Å²) in [6.07, 6.45) is 4.56. The van der Waals surface area contributed by atoms with Gasteiger partial charge < -0.3 is 15.5 Å². The van der Waals surface area contributed by atoms with Crippen LogP contribution in [0.25, 0.3) is 0 Å². The van der Waals surface area contributed by atoms with Gasteiger partial charge in [-0.25, -0.2) is 0 Å². The molecule has 2 aliphatic heterocycles. The van der Waals surface area contributed by atoms with E-state index in [0.29, 0.717) is 0 Å². The minimum Gasteiger partial charge on any atom is -0.390 e. The number of hydrogen-bond donors (Lipinski definition) is 3. The summed E-state index contributed by atoms with van der Waals surface area (Å²) in [6.45, 7) is 4.41. The first-order valence-corrected chi connectivity index (χ1v) is 13.5. The van der Waals surface area contributed by atoms with Crippen molar-refractivity contribution in [1.82, 2.24) is 10.2 Å². The van der Waals surface area contributed by atoms with Crippen molar-refractivity contribution < 1.29 is 10.2 Å². The number of aliphatic hydroxyl groups is 2. The van der Waals surface area contributed by atoms with Gasteiger partial charge in [0, 0.05) is 40.5 Å². The van der Waals surface area contributed by atoms with Gasteiger partial charge in [0.25, 0.3) is 0 Å². The molecule has 0 radical (unpaired) electrons. The summed E-state index contributed by atoms with van der Waals surface area (Å²) in [5.41, 5.74) is 2.80. The third-order valence-electron chi connectivity index (χ3n) is 5.06. The van der Waals surface area contributed by atoms with Gasteiger partial charge in [-0.05, 0) is 67.6 Å². The molecule has 2 aromatic carbocycles. The number of aryl methyl sites for hydroxylation is 2. The van der Waals surface area contributed by atoms with Crippen LogP contribution in [-0.2, 0) is 12.8 Å². The van der Waals surface area contributed by atoms with E-state index in [9.17, 15) is 0 Å². The van der Waals surface area contributed by atoms with Crippen LogP contribution in [0.5, 0.6) is 0 Å². The van der Waals surface area contributed by atoms with Crippen LogP contribution in [0.1, 0.15) is 24.0 Å². The molecular formula is C24H33Br3N2O2. The van der Waals surface area contributed by atoms with Gasteiger partial charge in [0.2, 0.25) is 0 Å². The molecule has 2 saturated heterocycles. The van der Waals surface area contributed by atoms with E-state index in [1.54, 1.807) is 0 Å². The fraction of sp³-hybridized carbons (Fsp3) is 0.500. The van der Waals surface area contributed by atoms with Crippen molar-refractivity contribution in [2.24, 2.45) is 0 Å². The van der Waals surface area contributed by atoms with E-state index in [2.05, 4.69) is 107 Å². The van der Waals surface area contributed by atoms with Crippen molar-refractivity contribution in [3.63, 3.8) is 0 Å². The van der Waals surface area contributed by atoms with Gasteiger partial charge in [-0.1, -0.05) is 72.1 Å². The first-order valence-electron chi connectivity index (χ1n) is 10.8. The fourth-order valence-electron chi connectivity index (χ4n) is 3.08. The second-order valence-electron chi connectivity index (χ2n) is 7.87. The molecule has 7 heteroatoms. The van der Waals surface area contributed by atoms with Crippen molar-refractivity contribution in [3.8, 4) is 0 Å². The molecule has 172 valence electrons. The summed E-state index contributed by atoms with van der Waals surface area (Å²) in [4.78, 5) is 2.30. The lowest BCUT2D eigenvalue weighted by Crippen LogP contribution is -2.50. The van der Waals surface area contributed by atoms with Crippen LogP contribution in [0.3, 0.4) is 0 Å². The van der Waals surface area contributed by atoms with E-state index in [0.717, 1.165) is 53.4 Å². The third-order valence-corrected chi connectivity index (χ3v) is 6.68. The van der Waals surface area contributed by atoms with Crippen LogP contribution in [0.4, 0.5) is 0 Å². The minimum atomic E-state index is -0.0716. The Bertz CT molecular complexity index is 719. The summed E-state index contributed by atoms with van der Waals surface area (Å²) in [6, 6.07) is 17.0. The molecule has 2 aliphatic rings. The average Bonchev–Trinajstić information content (AvgIpc) is 2.73. The van der Waals surface area contributed by atoms with Crippen LogP contribution in [-0.4, -0.2) is 65.4 Å². The largest absolute Gasteiger partial charge is 0.390 e. The standard InChI is InChI=1S/C12H16BrNO.C9H10Br2.C3H7NO/c13-11-5-3-10(4-6-11)2-1-7-14-8-12(15)9-14;10-7-1-2-8-3-5-9(11)6-4-8;5-3-1-4-2-3/h3-6,12,15H,1-2,7-9H2;3-6H,1-2,7H2;3-5H,1-2H2. The SMILES string of the molecule is BrCCCc1ccc(Br)cc1.OC1CN(CCCc2ccc(Br)cc2)C1.OC1CNC1. The van der Waals surface area contributed by atoms with E-state index in [1.807, 2.05) is 0 Å². The number of alkyl halides is 1. The monoisotopic (exact) mass is 618 g/mol. The van der Waals surface area contributed by atoms with Gasteiger partial charge in [0.05, 0.1) is 12.2 Å². The quantitative estimate of drug-likeness (QED) is 0.390. The highest BCUT2D eigenvalue weighted by molar-refractivity contribution is 9.10. The zero-order valence-corrected chi connectivity index (χ0v) is 22.6. The summed E-state index contributed by atoms with van der Waals surface area (Å²) in [5.74, 6) is 0. The zero-order chi connectivity index (χ0) is 22.5. The van der Waals surface area contributed by atoms with Gasteiger partial charge in [0.15, 0.2) is 0 Å². The van der Waals surface area contributed by atoms with Gasteiger partial charge in [0.1, 0.15) is 0 Å². The Morgan fingerprint density at radius 3 is 1.58 bits per heavy atom. The zero-order valence-electron chi connectivity index (χ0n) is 17.8. The molecule has 0 unspecified atom stereocenters. The van der Waals surface area contributed by atoms with E-state index < -0.39 is 0 Å². The molecule has 3 N–H and O–H groups in total. The van der Waals surface area contributed by atoms with E-state index in [1.165, 1.54) is 30.4 Å². The Labute approximate surface area is 211 Å². The Kier molecular flexibility index (Phi) is 13.5. The molecular weight excluding hydrogens is 588 g/mol. The molecule has 2 heterocycles. The van der Waals surface area contributed by atoms with E-state index in [-0.39, 0.29) is 12.2 Å². The molecule has 31 heavy (non-hydrogen) atoms. The normalized spacial score (nSPS) is 16.3. The number of rotatable bonds is 7. The van der Waals surface area contributed by atoms with Gasteiger partial charge >= 0.3 is 0 Å². The maximum absolute atomic E-state index is 9.12. The number of nitrogens with zero attached hydrogens (tertiary/aromatic N) is 1. The Hall–Kier alpha value is -0.280. The average molecular weight is 621 g/mol. The maximum Gasteiger partial charge on any atom is 0.0793 e. The maximum atomic E-state index is 9.12. The number of likely N-dealkylation sites (tertiary alicyclic amines) is 1. The number of benzene rings is 2. The highest BCUT2D eigenvalue weighted by Gasteiger charge is 2.22. The summed E-state index contributed by atoms with van der Waals surface area (Å²) in [7, 11) is 0. The highest BCUT2D eigenvalue weighted by Crippen LogP contribution is 2.14. The van der Waals surface area contributed by atoms with E-state index >= 15 is 0 Å². The molecule has 0 saturated carbocycles. The second kappa shape index (κ2) is 15.5. The molecule has 2 aromatic rings. The smallest absolute Gasteiger partial charge is 0.0793 e. The number of β-amino-alcohol motifs (C(OH)–C–C–N with tert-alkyl or cyclic N) is 2. The van der Waals surface area contributed by atoms with Crippen LogP contribution in [0.2, 0.25) is 0 Å².